The van der Waals surface area contributed by atoms with Crippen molar-refractivity contribution < 1.29 is 14.8 Å². The normalized spacial score (nSPS) is 17.1. The topological polar surface area (TPSA) is 221 Å². The van der Waals surface area contributed by atoms with Crippen LogP contribution in [-0.2, 0) is 17.8 Å². The summed E-state index contributed by atoms with van der Waals surface area (Å²) in [5.74, 6) is 1.82. The van der Waals surface area contributed by atoms with Crippen LogP contribution in [0.15, 0.2) is 39.7 Å². The summed E-state index contributed by atoms with van der Waals surface area (Å²) < 4.78 is 5.62. The van der Waals surface area contributed by atoms with Crippen molar-refractivity contribution in [2.75, 3.05) is 39.1 Å². The summed E-state index contributed by atoms with van der Waals surface area (Å²) in [4.78, 5) is 34.6. The van der Waals surface area contributed by atoms with E-state index in [9.17, 15) is 20.2 Å². The van der Waals surface area contributed by atoms with Crippen LogP contribution in [0, 0.1) is 37.6 Å². The number of nitrogens with one attached hydrogen (secondary N) is 3. The highest BCUT2D eigenvalue weighted by molar-refractivity contribution is 8.14. The molecule has 0 radical (unpaired) electrons. The van der Waals surface area contributed by atoms with Gasteiger partial charge >= 0.3 is 0 Å². The lowest BCUT2D eigenvalue weighted by atomic mass is 10.1. The van der Waals surface area contributed by atoms with Crippen molar-refractivity contribution in [3.05, 3.63) is 64.8 Å². The molecule has 1 unspecified atom stereocenters. The summed E-state index contributed by atoms with van der Waals surface area (Å²) in [6.07, 6.45) is 6.17. The number of hydrogen-bond donors (Lipinski definition) is 3. The maximum Gasteiger partial charge on any atom is 0.268 e. The van der Waals surface area contributed by atoms with Crippen LogP contribution in [0.25, 0.3) is 0 Å². The highest BCUT2D eigenvalue weighted by atomic mass is 35.5. The van der Waals surface area contributed by atoms with E-state index in [0.717, 1.165) is 47.5 Å². The van der Waals surface area contributed by atoms with Crippen molar-refractivity contribution >= 4 is 63.3 Å². The Morgan fingerprint density at radius 1 is 1.23 bits per heavy atom. The second kappa shape index (κ2) is 20.2. The molecular weight excluding hydrogens is 659 g/mol. The molecule has 0 saturated carbocycles. The molecule has 0 aliphatic carbocycles. The minimum absolute atomic E-state index is 0.182. The minimum Gasteiger partial charge on any atom is -0.381 e. The van der Waals surface area contributed by atoms with E-state index in [1.165, 1.54) is 18.3 Å². The number of halogens is 2. The van der Waals surface area contributed by atoms with Crippen LogP contribution in [0.4, 0.5) is 0 Å². The van der Waals surface area contributed by atoms with Gasteiger partial charge in [-0.25, -0.2) is 30.2 Å². The van der Waals surface area contributed by atoms with Gasteiger partial charge in [-0.3, -0.25) is 0 Å². The maximum absolute atomic E-state index is 10.1. The Morgan fingerprint density at radius 3 is 2.57 bits per heavy atom. The molecule has 3 N–H and O–H groups in total. The molecule has 2 fully saturated rings. The summed E-state index contributed by atoms with van der Waals surface area (Å²) in [6, 6.07) is 3.70. The van der Waals surface area contributed by atoms with Gasteiger partial charge in [0.05, 0.1) is 18.3 Å². The lowest BCUT2D eigenvalue weighted by Crippen LogP contribution is -2.38. The van der Waals surface area contributed by atoms with Crippen molar-refractivity contribution in [3.8, 4) is 6.19 Å². The molecule has 4 heterocycles. The van der Waals surface area contributed by atoms with E-state index in [-0.39, 0.29) is 11.8 Å². The zero-order valence-electron chi connectivity index (χ0n) is 23.7. The van der Waals surface area contributed by atoms with Gasteiger partial charge in [0.25, 0.3) is 5.96 Å². The van der Waals surface area contributed by atoms with Gasteiger partial charge in [-0.2, -0.15) is 5.26 Å². The van der Waals surface area contributed by atoms with Crippen molar-refractivity contribution in [1.29, 1.82) is 5.26 Å². The number of thioether (sulfide) groups is 1. The molecule has 0 spiro atoms. The number of aliphatic imine (C=N–C) groups is 1. The van der Waals surface area contributed by atoms with E-state index in [0.29, 0.717) is 35.2 Å². The van der Waals surface area contributed by atoms with Crippen LogP contribution in [-0.4, -0.2) is 81.0 Å². The van der Waals surface area contributed by atoms with E-state index < -0.39 is 10.1 Å². The van der Waals surface area contributed by atoms with Gasteiger partial charge in [-0.05, 0) is 25.0 Å². The SMILES string of the molecule is C/C(=N/[N+](=O)[O-])NCc1cnc(Cl)s1.CN/C(=N/[N+](=O)[O-])NCC1CCOC1.N#CN=C1SCCN1Cc1ccc(Cl)nc1. The second-order valence-electron chi connectivity index (χ2n) is 8.66. The van der Waals surface area contributed by atoms with E-state index in [4.69, 9.17) is 33.2 Å². The first-order valence-electron chi connectivity index (χ1n) is 12.8. The molecule has 0 aromatic carbocycles. The molecule has 44 heavy (non-hydrogen) atoms. The van der Waals surface area contributed by atoms with Crippen molar-refractivity contribution in [1.82, 2.24) is 30.8 Å². The fraction of sp³-hybridized carbons (Fsp3) is 0.478. The zero-order valence-corrected chi connectivity index (χ0v) is 26.8. The fourth-order valence-electron chi connectivity index (χ4n) is 3.43. The summed E-state index contributed by atoms with van der Waals surface area (Å²) in [7, 11) is 1.58. The first-order valence-corrected chi connectivity index (χ1v) is 15.4. The van der Waals surface area contributed by atoms with E-state index >= 15 is 0 Å². The summed E-state index contributed by atoms with van der Waals surface area (Å²) in [5.41, 5.74) is 1.07. The van der Waals surface area contributed by atoms with E-state index in [1.54, 1.807) is 37.3 Å². The van der Waals surface area contributed by atoms with Crippen LogP contribution >= 0.6 is 46.3 Å². The lowest BCUT2D eigenvalue weighted by Gasteiger charge is -2.16. The van der Waals surface area contributed by atoms with Crippen LogP contribution in [0.5, 0.6) is 0 Å². The molecule has 4 rings (SSSR count). The fourth-order valence-corrected chi connectivity index (χ4v) is 5.39. The Balaban J connectivity index is 0.000000231. The molecule has 2 aromatic rings. The predicted octanol–water partition coefficient (Wildman–Crippen LogP) is 3.00. The van der Waals surface area contributed by atoms with Crippen LogP contribution < -0.4 is 16.0 Å². The van der Waals surface area contributed by atoms with Gasteiger partial charge in [0.1, 0.15) is 10.3 Å². The number of hydrazone groups is 2. The van der Waals surface area contributed by atoms with Gasteiger partial charge in [0.15, 0.2) is 25.5 Å². The molecule has 2 aromatic heterocycles. The lowest BCUT2D eigenvalue weighted by molar-refractivity contribution is -0.485. The zero-order chi connectivity index (χ0) is 32.3. The summed E-state index contributed by atoms with van der Waals surface area (Å²) >= 11 is 14.2. The number of nitro groups is 2. The Labute approximate surface area is 271 Å². The molecule has 2 aliphatic rings. The molecule has 21 heteroatoms. The molecule has 0 amide bonds. The molecule has 0 bridgehead atoms. The van der Waals surface area contributed by atoms with E-state index in [1.807, 2.05) is 12.3 Å². The molecule has 238 valence electrons. The Hall–Kier alpha value is -3.83. The summed E-state index contributed by atoms with van der Waals surface area (Å²) in [6.45, 7) is 5.72. The highest BCUT2D eigenvalue weighted by Gasteiger charge is 2.19. The molecule has 2 saturated heterocycles. The first kappa shape index (κ1) is 36.4. The summed E-state index contributed by atoms with van der Waals surface area (Å²) in [5, 5.41) is 42.8. The Kier molecular flexibility index (Phi) is 16.7. The number of thiazole rings is 1. The third-order valence-corrected chi connectivity index (χ3v) is 7.78. The molecule has 2 aliphatic heterocycles. The molecular formula is C23H30Cl2N12O5S2. The van der Waals surface area contributed by atoms with Crippen LogP contribution in [0.1, 0.15) is 23.8 Å². The van der Waals surface area contributed by atoms with Gasteiger partial charge < -0.3 is 25.6 Å². The average molecular weight is 690 g/mol. The van der Waals surface area contributed by atoms with Gasteiger partial charge in [-0.1, -0.05) is 41.0 Å². The van der Waals surface area contributed by atoms with Crippen LogP contribution in [0.2, 0.25) is 9.62 Å². The van der Waals surface area contributed by atoms with Crippen molar-refractivity contribution in [2.45, 2.75) is 26.4 Å². The third-order valence-electron chi connectivity index (χ3n) is 5.45. The van der Waals surface area contributed by atoms with Crippen molar-refractivity contribution in [3.63, 3.8) is 0 Å². The van der Waals surface area contributed by atoms with Gasteiger partial charge in [-0.15, -0.1) is 16.3 Å². The quantitative estimate of drug-likeness (QED) is 0.0907. The van der Waals surface area contributed by atoms with Gasteiger partial charge in [0, 0.05) is 62.2 Å². The standard InChI is InChI=1S/C10H9ClN4S.C7H14N4O3.C6H7ClN4O2S/c11-9-2-1-8(5-13-9)6-15-3-4-16-10(15)14-7-12;1-8-7(10-11(12)13)9-4-6-2-3-14-5-6;1-4(10-11(12)13)8-2-5-3-9-6(7)14-5/h1-2,5H,3-4,6H2;6H,2-5H2,1H3,(H2,8,9,10);3H,2H2,1H3,(H,8,10). The molecule has 1 atom stereocenters. The Bertz CT molecular complexity index is 1350. The maximum atomic E-state index is 10.1. The van der Waals surface area contributed by atoms with E-state index in [2.05, 4.69) is 46.0 Å². The average Bonchev–Trinajstić information content (AvgIpc) is 3.75. The first-order chi connectivity index (χ1) is 21.1. The predicted molar refractivity (Wildman–Crippen MR) is 170 cm³/mol. The third kappa shape index (κ3) is 15.1. The molecule has 17 nitrogen and oxygen atoms in total. The number of guanidine groups is 1. The number of nitriles is 1. The van der Waals surface area contributed by atoms with Crippen LogP contribution in [0.3, 0.4) is 0 Å². The number of nitrogens with zero attached hydrogens (tertiary/aromatic N) is 9. The highest BCUT2D eigenvalue weighted by Crippen LogP contribution is 2.20. The monoisotopic (exact) mass is 688 g/mol. The minimum atomic E-state index is -0.748. The van der Waals surface area contributed by atoms with Crippen molar-refractivity contribution in [2.24, 2.45) is 21.1 Å². The smallest absolute Gasteiger partial charge is 0.268 e. The number of rotatable bonds is 8. The second-order valence-corrected chi connectivity index (χ2v) is 11.8. The largest absolute Gasteiger partial charge is 0.381 e. The number of pyridine rings is 1. The number of aromatic nitrogens is 2. The van der Waals surface area contributed by atoms with Gasteiger partial charge in [0.2, 0.25) is 6.19 Å². The number of ether oxygens (including phenoxy) is 1. The number of amidine groups is 2. The Morgan fingerprint density at radius 2 is 2.00 bits per heavy atom. The number of hydrogen-bond acceptors (Lipinski definition) is 11.